The normalized spacial score (nSPS) is 13.1. The van der Waals surface area contributed by atoms with E-state index in [0.29, 0.717) is 35.3 Å². The molecular formula is C16H23N5O2. The van der Waals surface area contributed by atoms with Gasteiger partial charge in [0.2, 0.25) is 0 Å². The number of hydrogen-bond acceptors (Lipinski definition) is 6. The van der Waals surface area contributed by atoms with Crippen molar-refractivity contribution in [3.05, 3.63) is 41.5 Å². The van der Waals surface area contributed by atoms with Crippen molar-refractivity contribution >= 4 is 28.3 Å². The van der Waals surface area contributed by atoms with E-state index in [0.717, 1.165) is 5.39 Å². The third-order valence-corrected chi connectivity index (χ3v) is 3.72. The molecule has 0 saturated carbocycles. The maximum Gasteiger partial charge on any atom is 0.261 e. The minimum Gasteiger partial charge on any atom is -0.399 e. The number of benzene rings is 2. The van der Waals surface area contributed by atoms with Crippen LogP contribution in [0.1, 0.15) is 20.7 Å². The summed E-state index contributed by atoms with van der Waals surface area (Å²) in [6.07, 6.45) is 0. The second-order valence-electron chi connectivity index (χ2n) is 5.54. The van der Waals surface area contributed by atoms with E-state index in [1.807, 2.05) is 31.1 Å². The highest BCUT2D eigenvalue weighted by molar-refractivity contribution is 6.25. The van der Waals surface area contributed by atoms with E-state index in [2.05, 4.69) is 0 Å². The SMILES string of the molecule is CN(C)CCN1C(=O)c2cccc3cc(N)cc(c23)C1=O.N.N. The highest BCUT2D eigenvalue weighted by Gasteiger charge is 2.32. The lowest BCUT2D eigenvalue weighted by atomic mass is 9.93. The minimum absolute atomic E-state index is 0. The van der Waals surface area contributed by atoms with Gasteiger partial charge in [-0.2, -0.15) is 0 Å². The molecule has 23 heavy (non-hydrogen) atoms. The van der Waals surface area contributed by atoms with Crippen LogP contribution in [0.4, 0.5) is 5.69 Å². The molecule has 0 spiro atoms. The molecule has 124 valence electrons. The van der Waals surface area contributed by atoms with Gasteiger partial charge < -0.3 is 22.9 Å². The third kappa shape index (κ3) is 3.02. The van der Waals surface area contributed by atoms with Crippen LogP contribution in [-0.4, -0.2) is 48.8 Å². The molecule has 7 heteroatoms. The van der Waals surface area contributed by atoms with E-state index in [4.69, 9.17) is 5.73 Å². The van der Waals surface area contributed by atoms with Crippen molar-refractivity contribution in [1.82, 2.24) is 22.1 Å². The van der Waals surface area contributed by atoms with Crippen molar-refractivity contribution in [3.63, 3.8) is 0 Å². The Bertz CT molecular complexity index is 757. The molecule has 2 aromatic rings. The predicted octanol–water partition coefficient (Wildman–Crippen LogP) is 1.90. The highest BCUT2D eigenvalue weighted by Crippen LogP contribution is 2.31. The van der Waals surface area contributed by atoms with Gasteiger partial charge in [0.25, 0.3) is 11.8 Å². The number of likely N-dealkylation sites (N-methyl/N-ethyl adjacent to an activating group) is 1. The summed E-state index contributed by atoms with van der Waals surface area (Å²) in [5.74, 6) is -0.498. The Hall–Kier alpha value is -2.48. The first-order valence-electron chi connectivity index (χ1n) is 6.82. The number of nitrogen functional groups attached to an aromatic ring is 1. The molecule has 0 atom stereocenters. The van der Waals surface area contributed by atoms with Crippen molar-refractivity contribution in [2.45, 2.75) is 0 Å². The van der Waals surface area contributed by atoms with Crippen LogP contribution < -0.4 is 18.0 Å². The van der Waals surface area contributed by atoms with Gasteiger partial charge in [0.1, 0.15) is 0 Å². The number of imide groups is 1. The Morgan fingerprint density at radius 2 is 1.70 bits per heavy atom. The molecule has 1 aliphatic heterocycles. The maximum absolute atomic E-state index is 12.6. The van der Waals surface area contributed by atoms with Crippen LogP contribution in [0.25, 0.3) is 10.8 Å². The molecule has 8 N–H and O–H groups in total. The predicted molar refractivity (Wildman–Crippen MR) is 92.3 cm³/mol. The molecule has 3 rings (SSSR count). The van der Waals surface area contributed by atoms with Gasteiger partial charge in [0.15, 0.2) is 0 Å². The van der Waals surface area contributed by atoms with Crippen molar-refractivity contribution in [3.8, 4) is 0 Å². The molecular weight excluding hydrogens is 294 g/mol. The number of rotatable bonds is 3. The maximum atomic E-state index is 12.6. The largest absolute Gasteiger partial charge is 0.399 e. The molecule has 2 amide bonds. The summed E-state index contributed by atoms with van der Waals surface area (Å²) < 4.78 is 0. The molecule has 2 aromatic carbocycles. The average Bonchev–Trinajstić information content (AvgIpc) is 2.43. The fourth-order valence-electron chi connectivity index (χ4n) is 2.68. The first kappa shape index (κ1) is 18.6. The third-order valence-electron chi connectivity index (χ3n) is 3.72. The van der Waals surface area contributed by atoms with Gasteiger partial charge in [-0.25, -0.2) is 0 Å². The summed E-state index contributed by atoms with van der Waals surface area (Å²) in [7, 11) is 3.82. The lowest BCUT2D eigenvalue weighted by Crippen LogP contribution is -2.43. The molecule has 1 heterocycles. The molecule has 0 unspecified atom stereocenters. The number of carbonyl (C=O) groups excluding carboxylic acids is 2. The minimum atomic E-state index is -0.266. The van der Waals surface area contributed by atoms with Crippen LogP contribution in [0.5, 0.6) is 0 Å². The smallest absolute Gasteiger partial charge is 0.261 e. The Morgan fingerprint density at radius 3 is 2.35 bits per heavy atom. The second-order valence-corrected chi connectivity index (χ2v) is 5.54. The van der Waals surface area contributed by atoms with Crippen molar-refractivity contribution < 1.29 is 9.59 Å². The number of nitrogens with zero attached hydrogens (tertiary/aromatic N) is 2. The van der Waals surface area contributed by atoms with Crippen LogP contribution >= 0.6 is 0 Å². The van der Waals surface area contributed by atoms with Crippen molar-refractivity contribution in [1.29, 1.82) is 0 Å². The quantitative estimate of drug-likeness (QED) is 0.584. The summed E-state index contributed by atoms with van der Waals surface area (Å²) in [4.78, 5) is 28.4. The van der Waals surface area contributed by atoms with Crippen LogP contribution in [0.15, 0.2) is 30.3 Å². The monoisotopic (exact) mass is 317 g/mol. The first-order valence-corrected chi connectivity index (χ1v) is 6.82. The molecule has 7 nitrogen and oxygen atoms in total. The van der Waals surface area contributed by atoms with Gasteiger partial charge in [-0.15, -0.1) is 0 Å². The van der Waals surface area contributed by atoms with Crippen LogP contribution in [0.2, 0.25) is 0 Å². The highest BCUT2D eigenvalue weighted by atomic mass is 16.2. The summed E-state index contributed by atoms with van der Waals surface area (Å²) in [5, 5.41) is 1.54. The average molecular weight is 317 g/mol. The van der Waals surface area contributed by atoms with E-state index < -0.39 is 0 Å². The zero-order valence-electron chi connectivity index (χ0n) is 13.5. The Balaban J connectivity index is 0.00000132. The first-order chi connectivity index (χ1) is 9.99. The molecule has 0 aromatic heterocycles. The lowest BCUT2D eigenvalue weighted by Gasteiger charge is -2.28. The molecule has 0 radical (unpaired) electrons. The van der Waals surface area contributed by atoms with E-state index in [1.54, 1.807) is 18.2 Å². The number of carbonyl (C=O) groups is 2. The lowest BCUT2D eigenvalue weighted by molar-refractivity contribution is 0.0601. The number of hydrogen-bond donors (Lipinski definition) is 3. The number of nitrogens with two attached hydrogens (primary N) is 1. The molecule has 1 aliphatic rings. The summed E-state index contributed by atoms with van der Waals surface area (Å²) in [6, 6.07) is 8.90. The van der Waals surface area contributed by atoms with E-state index in [-0.39, 0.29) is 24.1 Å². The van der Waals surface area contributed by atoms with Gasteiger partial charge in [0, 0.05) is 29.7 Å². The number of amides is 2. The van der Waals surface area contributed by atoms with Crippen LogP contribution in [-0.2, 0) is 0 Å². The standard InChI is InChI=1S/C16H17N3O2.2H3N/c1-18(2)6-7-19-15(20)12-5-3-4-10-8-11(17)9-13(14(10)12)16(19)21;;/h3-5,8-9H,6-7,17H2,1-2H3;2*1H3. The van der Waals surface area contributed by atoms with Crippen LogP contribution in [0, 0.1) is 0 Å². The van der Waals surface area contributed by atoms with Crippen molar-refractivity contribution in [2.24, 2.45) is 0 Å². The van der Waals surface area contributed by atoms with Crippen molar-refractivity contribution in [2.75, 3.05) is 32.9 Å². The fourth-order valence-corrected chi connectivity index (χ4v) is 2.68. The second kappa shape index (κ2) is 6.74. The topological polar surface area (TPSA) is 137 Å². The van der Waals surface area contributed by atoms with Gasteiger partial charge >= 0.3 is 0 Å². The molecule has 0 bridgehead atoms. The Kier molecular flexibility index (Phi) is 5.44. The zero-order chi connectivity index (χ0) is 15.1. The van der Waals surface area contributed by atoms with E-state index in [1.165, 1.54) is 4.90 Å². The summed E-state index contributed by atoms with van der Waals surface area (Å²) in [5.41, 5.74) is 7.49. The molecule has 0 saturated heterocycles. The number of anilines is 1. The Labute approximate surface area is 135 Å². The zero-order valence-corrected chi connectivity index (χ0v) is 13.5. The van der Waals surface area contributed by atoms with Gasteiger partial charge in [-0.3, -0.25) is 14.5 Å². The van der Waals surface area contributed by atoms with Gasteiger partial charge in [0.05, 0.1) is 5.56 Å². The summed E-state index contributed by atoms with van der Waals surface area (Å²) >= 11 is 0. The van der Waals surface area contributed by atoms with Crippen LogP contribution in [0.3, 0.4) is 0 Å². The molecule has 0 fully saturated rings. The molecule has 0 aliphatic carbocycles. The van der Waals surface area contributed by atoms with Gasteiger partial charge in [-0.05, 0) is 37.7 Å². The van der Waals surface area contributed by atoms with E-state index >= 15 is 0 Å². The fraction of sp³-hybridized carbons (Fsp3) is 0.250. The van der Waals surface area contributed by atoms with E-state index in [9.17, 15) is 9.59 Å². The summed E-state index contributed by atoms with van der Waals surface area (Å²) in [6.45, 7) is 1.00. The van der Waals surface area contributed by atoms with Gasteiger partial charge in [-0.1, -0.05) is 12.1 Å². The Morgan fingerprint density at radius 1 is 1.04 bits per heavy atom.